The maximum atomic E-state index is 13.4. The summed E-state index contributed by atoms with van der Waals surface area (Å²) in [6.45, 7) is 10.1. The minimum atomic E-state index is -1.92. The second kappa shape index (κ2) is 18.3. The molecular weight excluding hydrogens is 662 g/mol. The summed E-state index contributed by atoms with van der Waals surface area (Å²) >= 11 is 0. The Bertz CT molecular complexity index is 1530. The molecule has 0 aliphatic carbocycles. The maximum absolute atomic E-state index is 13.4. The Morgan fingerprint density at radius 2 is 1.66 bits per heavy atom. The number of aryl methyl sites for hydroxylation is 2. The van der Waals surface area contributed by atoms with Crippen molar-refractivity contribution in [3.05, 3.63) is 51.9 Å². The smallest absolute Gasteiger partial charge is 0.338 e. The molecule has 1 aromatic rings. The van der Waals surface area contributed by atoms with E-state index in [-0.39, 0.29) is 24.2 Å². The number of nitrogens with one attached hydrogen (secondary N) is 2. The SMILES string of the molecule is C=CC[C@]1(C(=O)OC)C[C@H](OC(C)=O)[C@@H](NC(=O)CN=[N+]=[N-])[C@H]([C@H](OC(C)=O)[C@@H](CNC(=O)c2cc(C)c(OC(C)=O)c(C)c2)OC(C)=O)O1. The van der Waals surface area contributed by atoms with Crippen LogP contribution in [0.3, 0.4) is 0 Å². The molecule has 50 heavy (non-hydrogen) atoms. The lowest BCUT2D eigenvalue weighted by atomic mass is 9.81. The number of methoxy groups -OCH3 is 1. The quantitative estimate of drug-likeness (QED) is 0.0504. The summed E-state index contributed by atoms with van der Waals surface area (Å²) in [5.74, 6) is -5.35. The summed E-state index contributed by atoms with van der Waals surface area (Å²) in [6.07, 6.45) is -5.48. The Labute approximate surface area is 287 Å². The van der Waals surface area contributed by atoms with Gasteiger partial charge in [-0.05, 0) is 42.6 Å². The van der Waals surface area contributed by atoms with Gasteiger partial charge in [0.2, 0.25) is 5.91 Å². The molecule has 0 spiro atoms. The van der Waals surface area contributed by atoms with Gasteiger partial charge in [0.1, 0.15) is 24.5 Å². The molecule has 2 amide bonds. The summed E-state index contributed by atoms with van der Waals surface area (Å²) in [5.41, 5.74) is 7.91. The van der Waals surface area contributed by atoms with Crippen molar-refractivity contribution in [1.29, 1.82) is 0 Å². The number of ether oxygens (including phenoxy) is 6. The topological polar surface area (TPSA) is 248 Å². The van der Waals surface area contributed by atoms with Gasteiger partial charge in [0.05, 0.1) is 19.7 Å². The first kappa shape index (κ1) is 40.7. The molecule has 18 heteroatoms. The van der Waals surface area contributed by atoms with E-state index in [0.29, 0.717) is 11.1 Å². The van der Waals surface area contributed by atoms with Gasteiger partial charge in [-0.1, -0.05) is 11.2 Å². The summed E-state index contributed by atoms with van der Waals surface area (Å²) in [6, 6.07) is 1.52. The van der Waals surface area contributed by atoms with E-state index in [2.05, 4.69) is 27.2 Å². The molecule has 2 rings (SSSR count). The van der Waals surface area contributed by atoms with Crippen molar-refractivity contribution in [2.45, 2.75) is 90.4 Å². The van der Waals surface area contributed by atoms with Crippen LogP contribution >= 0.6 is 0 Å². The molecular formula is C32H41N5O13. The van der Waals surface area contributed by atoms with Gasteiger partial charge in [-0.3, -0.25) is 28.8 Å². The van der Waals surface area contributed by atoms with Gasteiger partial charge in [0.15, 0.2) is 17.8 Å². The van der Waals surface area contributed by atoms with E-state index in [9.17, 15) is 33.6 Å². The third kappa shape index (κ3) is 11.0. The van der Waals surface area contributed by atoms with Crippen molar-refractivity contribution < 1.29 is 62.0 Å². The van der Waals surface area contributed by atoms with Gasteiger partial charge in [0.25, 0.3) is 5.91 Å². The van der Waals surface area contributed by atoms with Crippen LogP contribution in [0.1, 0.15) is 62.0 Å². The number of amides is 2. The number of hydrogen-bond acceptors (Lipinski definition) is 14. The summed E-state index contributed by atoms with van der Waals surface area (Å²) in [7, 11) is 1.09. The normalized spacial score (nSPS) is 20.7. The zero-order valence-corrected chi connectivity index (χ0v) is 28.8. The van der Waals surface area contributed by atoms with Crippen LogP contribution in [0, 0.1) is 13.8 Å². The first-order chi connectivity index (χ1) is 23.5. The van der Waals surface area contributed by atoms with Gasteiger partial charge >= 0.3 is 29.8 Å². The van der Waals surface area contributed by atoms with Gasteiger partial charge in [-0.2, -0.15) is 0 Å². The van der Waals surface area contributed by atoms with E-state index in [4.69, 9.17) is 34.0 Å². The van der Waals surface area contributed by atoms with Crippen LogP contribution in [0.25, 0.3) is 10.4 Å². The maximum Gasteiger partial charge on any atom is 0.338 e. The molecule has 1 fully saturated rings. The Kier molecular flexibility index (Phi) is 14.9. The van der Waals surface area contributed by atoms with Crippen LogP contribution in [0.15, 0.2) is 29.9 Å². The standard InChI is InChI=1S/C32H41N5O13/c1-9-10-32(31(44)45-8)13-23(46-18(4)38)26(36-25(42)15-35-37-33)29(50-32)28(49-21(7)41)24(47-19(5)39)14-34-30(43)22-11-16(2)27(17(3)12-22)48-20(6)40/h9,11-12,23-24,26,28-29H,1,10,13-15H2,2-8H3,(H,34,43)(H,36,42)/t23-,24+,26+,28+,29+,32+/m0/s1. The molecule has 0 aromatic heterocycles. The average Bonchev–Trinajstić information content (AvgIpc) is 3.02. The zero-order chi connectivity index (χ0) is 37.8. The van der Waals surface area contributed by atoms with Gasteiger partial charge in [-0.25, -0.2) is 4.79 Å². The number of carbonyl (C=O) groups excluding carboxylic acids is 7. The molecule has 2 N–H and O–H groups in total. The highest BCUT2D eigenvalue weighted by Gasteiger charge is 2.57. The Hall–Kier alpha value is -5.48. The molecule has 1 aliphatic heterocycles. The molecule has 0 bridgehead atoms. The molecule has 1 saturated heterocycles. The Morgan fingerprint density at radius 3 is 2.16 bits per heavy atom. The molecule has 1 aliphatic rings. The predicted octanol–water partition coefficient (Wildman–Crippen LogP) is 1.83. The predicted molar refractivity (Wildman–Crippen MR) is 171 cm³/mol. The monoisotopic (exact) mass is 703 g/mol. The van der Waals surface area contributed by atoms with Crippen molar-refractivity contribution in [1.82, 2.24) is 10.6 Å². The second-order valence-electron chi connectivity index (χ2n) is 11.4. The first-order valence-electron chi connectivity index (χ1n) is 15.2. The highest BCUT2D eigenvalue weighted by atomic mass is 16.6. The minimum absolute atomic E-state index is 0.143. The number of nitrogens with zero attached hydrogens (tertiary/aromatic N) is 3. The van der Waals surface area contributed by atoms with E-state index < -0.39 is 90.8 Å². The van der Waals surface area contributed by atoms with E-state index in [1.54, 1.807) is 13.8 Å². The van der Waals surface area contributed by atoms with Crippen LogP contribution in [0.2, 0.25) is 0 Å². The number of esters is 5. The molecule has 272 valence electrons. The number of carbonyl (C=O) groups is 7. The summed E-state index contributed by atoms with van der Waals surface area (Å²) in [4.78, 5) is 90.8. The molecule has 0 saturated carbocycles. The van der Waals surface area contributed by atoms with Crippen molar-refractivity contribution >= 4 is 41.7 Å². The first-order valence-corrected chi connectivity index (χ1v) is 15.2. The molecule has 1 aromatic carbocycles. The van der Waals surface area contributed by atoms with Crippen LogP contribution in [0.5, 0.6) is 5.75 Å². The minimum Gasteiger partial charge on any atom is -0.467 e. The van der Waals surface area contributed by atoms with E-state index in [1.165, 1.54) is 25.1 Å². The largest absolute Gasteiger partial charge is 0.467 e. The molecule has 6 atom stereocenters. The third-order valence-electron chi connectivity index (χ3n) is 7.34. The summed E-state index contributed by atoms with van der Waals surface area (Å²) < 4.78 is 33.2. The van der Waals surface area contributed by atoms with Crippen LogP contribution in [-0.4, -0.2) is 97.9 Å². The average molecular weight is 704 g/mol. The lowest BCUT2D eigenvalue weighted by Gasteiger charge is -2.49. The molecule has 0 radical (unpaired) electrons. The van der Waals surface area contributed by atoms with E-state index >= 15 is 0 Å². The Balaban J connectivity index is 2.70. The highest BCUT2D eigenvalue weighted by molar-refractivity contribution is 5.95. The molecule has 0 unspecified atom stereocenters. The second-order valence-corrected chi connectivity index (χ2v) is 11.4. The van der Waals surface area contributed by atoms with Crippen molar-refractivity contribution in [3.8, 4) is 5.75 Å². The summed E-state index contributed by atoms with van der Waals surface area (Å²) in [5, 5.41) is 8.38. The number of azide groups is 1. The molecule has 1 heterocycles. The fraction of sp³-hybridized carbons (Fsp3) is 0.531. The van der Waals surface area contributed by atoms with Crippen LogP contribution in [-0.2, 0) is 52.5 Å². The lowest BCUT2D eigenvalue weighted by molar-refractivity contribution is -0.239. The van der Waals surface area contributed by atoms with E-state index in [0.717, 1.165) is 27.9 Å². The highest BCUT2D eigenvalue weighted by Crippen LogP contribution is 2.38. The number of rotatable bonds is 15. The van der Waals surface area contributed by atoms with Gasteiger partial charge < -0.3 is 39.1 Å². The van der Waals surface area contributed by atoms with Gasteiger partial charge in [0, 0.05) is 51.0 Å². The number of hydrogen-bond donors (Lipinski definition) is 2. The van der Waals surface area contributed by atoms with Gasteiger partial charge in [-0.15, -0.1) is 6.58 Å². The van der Waals surface area contributed by atoms with Crippen LogP contribution in [0.4, 0.5) is 0 Å². The fourth-order valence-corrected chi connectivity index (χ4v) is 5.58. The zero-order valence-electron chi connectivity index (χ0n) is 28.8. The third-order valence-corrected chi connectivity index (χ3v) is 7.34. The Morgan fingerprint density at radius 1 is 1.04 bits per heavy atom. The van der Waals surface area contributed by atoms with Crippen molar-refractivity contribution in [2.75, 3.05) is 20.2 Å². The van der Waals surface area contributed by atoms with Crippen molar-refractivity contribution in [3.63, 3.8) is 0 Å². The lowest BCUT2D eigenvalue weighted by Crippen LogP contribution is -2.69. The van der Waals surface area contributed by atoms with Crippen molar-refractivity contribution in [2.24, 2.45) is 5.11 Å². The van der Waals surface area contributed by atoms with Crippen LogP contribution < -0.4 is 15.4 Å². The van der Waals surface area contributed by atoms with E-state index in [1.807, 2.05) is 0 Å². The fourth-order valence-electron chi connectivity index (χ4n) is 5.58. The molecule has 18 nitrogen and oxygen atoms in total. The number of benzene rings is 1.